The number of benzene rings is 1. The van der Waals surface area contributed by atoms with Crippen molar-refractivity contribution in [2.45, 2.75) is 38.4 Å². The molecule has 1 aromatic rings. The maximum atomic E-state index is 10.6. The van der Waals surface area contributed by atoms with E-state index in [9.17, 15) is 4.79 Å². The summed E-state index contributed by atoms with van der Waals surface area (Å²) in [5, 5.41) is 0. The van der Waals surface area contributed by atoms with Crippen molar-refractivity contribution in [3.8, 4) is 0 Å². The predicted octanol–water partition coefficient (Wildman–Crippen LogP) is 2.90. The second kappa shape index (κ2) is 9.50. The molecule has 0 aliphatic carbocycles. The summed E-state index contributed by atoms with van der Waals surface area (Å²) in [4.78, 5) is 10.6. The molecule has 0 spiro atoms. The molecule has 4 heteroatoms. The highest BCUT2D eigenvalue weighted by atomic mass is 16.7. The fourth-order valence-electron chi connectivity index (χ4n) is 2.35. The van der Waals surface area contributed by atoms with Crippen molar-refractivity contribution >= 4 is 6.47 Å². The molecule has 2 unspecified atom stereocenters. The van der Waals surface area contributed by atoms with E-state index < -0.39 is 6.29 Å². The molecule has 1 rings (SSSR count). The van der Waals surface area contributed by atoms with Gasteiger partial charge in [0, 0.05) is 14.2 Å². The Hall–Kier alpha value is -1.39. The van der Waals surface area contributed by atoms with Crippen LogP contribution < -0.4 is 0 Å². The summed E-state index contributed by atoms with van der Waals surface area (Å²) in [5.74, 6) is -0.122. The maximum absolute atomic E-state index is 10.6. The minimum Gasteiger partial charge on any atom is -0.437 e. The van der Waals surface area contributed by atoms with E-state index in [1.807, 2.05) is 12.1 Å². The molecule has 0 aliphatic heterocycles. The Balaban J connectivity index is 3.02. The topological polar surface area (TPSA) is 44.8 Å². The molecule has 0 saturated carbocycles. The number of carbonyl (C=O) groups is 1. The van der Waals surface area contributed by atoms with Crippen LogP contribution in [0.4, 0.5) is 0 Å². The third-order valence-corrected chi connectivity index (χ3v) is 3.35. The molecule has 20 heavy (non-hydrogen) atoms. The Morgan fingerprint density at radius 2 is 2.00 bits per heavy atom. The Morgan fingerprint density at radius 3 is 2.60 bits per heavy atom. The van der Waals surface area contributed by atoms with E-state index in [-0.39, 0.29) is 5.92 Å². The van der Waals surface area contributed by atoms with E-state index in [0.29, 0.717) is 13.1 Å². The predicted molar refractivity (Wildman–Crippen MR) is 77.6 cm³/mol. The number of aryl methyl sites for hydroxylation is 1. The third kappa shape index (κ3) is 4.62. The molecule has 0 fully saturated rings. The molecular formula is C16H24O4. The Labute approximate surface area is 121 Å². The van der Waals surface area contributed by atoms with Gasteiger partial charge in [0.2, 0.25) is 6.29 Å². The lowest BCUT2D eigenvalue weighted by Gasteiger charge is -2.26. The zero-order valence-corrected chi connectivity index (χ0v) is 12.5. The van der Waals surface area contributed by atoms with Crippen LogP contribution in [-0.2, 0) is 25.4 Å². The smallest absolute Gasteiger partial charge is 0.295 e. The molecule has 112 valence electrons. The number of hydrogen-bond donors (Lipinski definition) is 0. The number of rotatable bonds is 10. The summed E-state index contributed by atoms with van der Waals surface area (Å²) in [5.41, 5.74) is 2.38. The Kier molecular flexibility index (Phi) is 7.92. The van der Waals surface area contributed by atoms with Gasteiger partial charge in [0.1, 0.15) is 0 Å². The minimum absolute atomic E-state index is 0.122. The highest BCUT2D eigenvalue weighted by Gasteiger charge is 2.26. The van der Waals surface area contributed by atoms with Crippen molar-refractivity contribution in [2.75, 3.05) is 20.8 Å². The van der Waals surface area contributed by atoms with Gasteiger partial charge in [-0.15, -0.1) is 0 Å². The molecule has 0 radical (unpaired) electrons. The number of hydrogen-bond acceptors (Lipinski definition) is 4. The average molecular weight is 280 g/mol. The molecule has 1 aromatic carbocycles. The second-order valence-corrected chi connectivity index (χ2v) is 4.70. The Bertz CT molecular complexity index is 392. The molecule has 0 heterocycles. The van der Waals surface area contributed by atoms with Crippen molar-refractivity contribution in [1.82, 2.24) is 0 Å². The lowest BCUT2D eigenvalue weighted by Crippen LogP contribution is -2.28. The molecule has 0 saturated heterocycles. The average Bonchev–Trinajstić information content (AvgIpc) is 2.49. The number of methoxy groups -OCH3 is 2. The molecule has 0 amide bonds. The van der Waals surface area contributed by atoms with Gasteiger partial charge in [-0.25, -0.2) is 0 Å². The first-order valence-electron chi connectivity index (χ1n) is 6.97. The zero-order chi connectivity index (χ0) is 14.8. The summed E-state index contributed by atoms with van der Waals surface area (Å²) in [6, 6.07) is 8.18. The van der Waals surface area contributed by atoms with E-state index in [1.165, 1.54) is 12.7 Å². The fraction of sp³-hybridized carbons (Fsp3) is 0.562. The summed E-state index contributed by atoms with van der Waals surface area (Å²) >= 11 is 0. The molecule has 4 nitrogen and oxygen atoms in total. The molecule has 2 atom stereocenters. The lowest BCUT2D eigenvalue weighted by atomic mass is 9.91. The lowest BCUT2D eigenvalue weighted by molar-refractivity contribution is -0.165. The number of ether oxygens (including phenoxy) is 3. The van der Waals surface area contributed by atoms with Gasteiger partial charge in [0.15, 0.2) is 0 Å². The first-order valence-corrected chi connectivity index (χ1v) is 6.97. The van der Waals surface area contributed by atoms with Crippen molar-refractivity contribution in [3.63, 3.8) is 0 Å². The van der Waals surface area contributed by atoms with Gasteiger partial charge in [-0.3, -0.25) is 4.79 Å². The van der Waals surface area contributed by atoms with Crippen LogP contribution >= 0.6 is 0 Å². The van der Waals surface area contributed by atoms with E-state index in [0.717, 1.165) is 24.8 Å². The van der Waals surface area contributed by atoms with Gasteiger partial charge in [-0.05, 0) is 24.0 Å². The number of carbonyl (C=O) groups excluding carboxylic acids is 1. The van der Waals surface area contributed by atoms with Crippen molar-refractivity contribution < 1.29 is 19.0 Å². The maximum Gasteiger partial charge on any atom is 0.295 e. The summed E-state index contributed by atoms with van der Waals surface area (Å²) < 4.78 is 15.6. The standard InChI is InChI=1S/C16H24O4/c1-4-5-8-13-9-6-7-10-14(13)15(11-18-2)16(19-3)20-12-17/h6-7,9-10,12,15-16H,4-5,8,11H2,1-3H3. The quantitative estimate of drug-likeness (QED) is 0.488. The second-order valence-electron chi connectivity index (χ2n) is 4.70. The summed E-state index contributed by atoms with van der Waals surface area (Å²) in [6.45, 7) is 3.03. The van der Waals surface area contributed by atoms with Crippen LogP contribution in [0.15, 0.2) is 24.3 Å². The molecule has 0 aromatic heterocycles. The van der Waals surface area contributed by atoms with Crippen LogP contribution in [0.1, 0.15) is 36.8 Å². The summed E-state index contributed by atoms with van der Waals surface area (Å²) in [7, 11) is 3.17. The first kappa shape index (κ1) is 16.7. The van der Waals surface area contributed by atoms with Crippen molar-refractivity contribution in [2.24, 2.45) is 0 Å². The van der Waals surface area contributed by atoms with Gasteiger partial charge < -0.3 is 14.2 Å². The van der Waals surface area contributed by atoms with E-state index in [4.69, 9.17) is 14.2 Å². The van der Waals surface area contributed by atoms with Gasteiger partial charge in [0.25, 0.3) is 6.47 Å². The number of unbranched alkanes of at least 4 members (excludes halogenated alkanes) is 1. The van der Waals surface area contributed by atoms with Crippen LogP contribution in [0.3, 0.4) is 0 Å². The van der Waals surface area contributed by atoms with Crippen molar-refractivity contribution in [1.29, 1.82) is 0 Å². The largest absolute Gasteiger partial charge is 0.437 e. The SMILES string of the molecule is CCCCc1ccccc1C(COC)C(OC)OC=O. The van der Waals surface area contributed by atoms with Crippen LogP contribution in [-0.4, -0.2) is 33.6 Å². The molecular weight excluding hydrogens is 256 g/mol. The van der Waals surface area contributed by atoms with Crippen LogP contribution in [0.2, 0.25) is 0 Å². The van der Waals surface area contributed by atoms with Gasteiger partial charge in [-0.1, -0.05) is 37.6 Å². The fourth-order valence-corrected chi connectivity index (χ4v) is 2.35. The first-order chi connectivity index (χ1) is 9.78. The van der Waals surface area contributed by atoms with E-state index in [2.05, 4.69) is 19.1 Å². The van der Waals surface area contributed by atoms with Crippen LogP contribution in [0.25, 0.3) is 0 Å². The van der Waals surface area contributed by atoms with E-state index >= 15 is 0 Å². The third-order valence-electron chi connectivity index (χ3n) is 3.35. The highest BCUT2D eigenvalue weighted by molar-refractivity contribution is 5.38. The van der Waals surface area contributed by atoms with Gasteiger partial charge in [-0.2, -0.15) is 0 Å². The normalized spacial score (nSPS) is 13.8. The van der Waals surface area contributed by atoms with Crippen molar-refractivity contribution in [3.05, 3.63) is 35.4 Å². The monoisotopic (exact) mass is 280 g/mol. The van der Waals surface area contributed by atoms with Gasteiger partial charge >= 0.3 is 0 Å². The molecule has 0 N–H and O–H groups in total. The molecule has 0 aliphatic rings. The van der Waals surface area contributed by atoms with Crippen LogP contribution in [0, 0.1) is 0 Å². The van der Waals surface area contributed by atoms with Gasteiger partial charge in [0.05, 0.1) is 12.5 Å². The highest BCUT2D eigenvalue weighted by Crippen LogP contribution is 2.27. The minimum atomic E-state index is -0.629. The van der Waals surface area contributed by atoms with Crippen LogP contribution in [0.5, 0.6) is 0 Å². The summed E-state index contributed by atoms with van der Waals surface area (Å²) in [6.07, 6.45) is 2.64. The van der Waals surface area contributed by atoms with E-state index in [1.54, 1.807) is 7.11 Å². The zero-order valence-electron chi connectivity index (χ0n) is 12.5. The Morgan fingerprint density at radius 1 is 1.25 bits per heavy atom. The molecule has 0 bridgehead atoms.